The van der Waals surface area contributed by atoms with Crippen LogP contribution in [0.4, 0.5) is 0 Å². The average molecular weight is 226 g/mol. The molecule has 1 fully saturated rings. The zero-order chi connectivity index (χ0) is 10.7. The lowest BCUT2D eigenvalue weighted by Gasteiger charge is -2.15. The van der Waals surface area contributed by atoms with Gasteiger partial charge in [-0.3, -0.25) is 0 Å². The zero-order valence-electron chi connectivity index (χ0n) is 9.32. The SMILES string of the molecule is Cc1csc(CCNC2CCOC2C)n1. The van der Waals surface area contributed by atoms with Crippen LogP contribution >= 0.6 is 11.3 Å². The Morgan fingerprint density at radius 2 is 2.53 bits per heavy atom. The predicted octanol–water partition coefficient (Wildman–Crippen LogP) is 1.76. The number of hydrogen-bond donors (Lipinski definition) is 1. The van der Waals surface area contributed by atoms with Gasteiger partial charge in [-0.25, -0.2) is 4.98 Å². The third-order valence-electron chi connectivity index (χ3n) is 2.79. The maximum Gasteiger partial charge on any atom is 0.0940 e. The van der Waals surface area contributed by atoms with Gasteiger partial charge in [0.1, 0.15) is 0 Å². The van der Waals surface area contributed by atoms with Gasteiger partial charge in [0.25, 0.3) is 0 Å². The van der Waals surface area contributed by atoms with Crippen LogP contribution in [0.15, 0.2) is 5.38 Å². The van der Waals surface area contributed by atoms with Gasteiger partial charge in [0.2, 0.25) is 0 Å². The Bertz CT molecular complexity index is 313. The molecule has 1 aromatic heterocycles. The van der Waals surface area contributed by atoms with Crippen molar-refractivity contribution in [3.05, 3.63) is 16.1 Å². The van der Waals surface area contributed by atoms with Gasteiger partial charge in [-0.1, -0.05) is 0 Å². The van der Waals surface area contributed by atoms with Crippen molar-refractivity contribution < 1.29 is 4.74 Å². The largest absolute Gasteiger partial charge is 0.377 e. The van der Waals surface area contributed by atoms with E-state index in [-0.39, 0.29) is 0 Å². The lowest BCUT2D eigenvalue weighted by Crippen LogP contribution is -2.35. The Kier molecular flexibility index (Phi) is 3.72. The van der Waals surface area contributed by atoms with Crippen LogP contribution in [0.3, 0.4) is 0 Å². The maximum absolute atomic E-state index is 5.50. The Balaban J connectivity index is 1.70. The lowest BCUT2D eigenvalue weighted by molar-refractivity contribution is 0.113. The minimum absolute atomic E-state index is 0.364. The van der Waals surface area contributed by atoms with Gasteiger partial charge >= 0.3 is 0 Å². The summed E-state index contributed by atoms with van der Waals surface area (Å²) in [6.45, 7) is 6.08. The van der Waals surface area contributed by atoms with Gasteiger partial charge < -0.3 is 10.1 Å². The molecule has 1 aromatic rings. The first kappa shape index (κ1) is 11.0. The molecule has 0 aromatic carbocycles. The van der Waals surface area contributed by atoms with Crippen LogP contribution in [-0.4, -0.2) is 30.3 Å². The van der Waals surface area contributed by atoms with E-state index in [0.29, 0.717) is 12.1 Å². The molecule has 3 nitrogen and oxygen atoms in total. The number of aromatic nitrogens is 1. The van der Waals surface area contributed by atoms with Gasteiger partial charge in [-0.15, -0.1) is 11.3 Å². The fourth-order valence-corrected chi connectivity index (χ4v) is 2.66. The number of thiazole rings is 1. The summed E-state index contributed by atoms with van der Waals surface area (Å²) >= 11 is 1.75. The molecule has 15 heavy (non-hydrogen) atoms. The summed E-state index contributed by atoms with van der Waals surface area (Å²) < 4.78 is 5.50. The van der Waals surface area contributed by atoms with E-state index in [9.17, 15) is 0 Å². The molecule has 0 aliphatic carbocycles. The fourth-order valence-electron chi connectivity index (χ4n) is 1.88. The topological polar surface area (TPSA) is 34.1 Å². The van der Waals surface area contributed by atoms with E-state index in [1.54, 1.807) is 11.3 Å². The molecule has 1 N–H and O–H groups in total. The van der Waals surface area contributed by atoms with E-state index >= 15 is 0 Å². The van der Waals surface area contributed by atoms with Gasteiger partial charge in [0.05, 0.1) is 11.1 Å². The highest BCUT2D eigenvalue weighted by Gasteiger charge is 2.22. The molecule has 0 bridgehead atoms. The molecule has 2 atom stereocenters. The molecular weight excluding hydrogens is 208 g/mol. The van der Waals surface area contributed by atoms with Crippen molar-refractivity contribution in [1.82, 2.24) is 10.3 Å². The van der Waals surface area contributed by atoms with E-state index in [0.717, 1.165) is 31.7 Å². The van der Waals surface area contributed by atoms with Crippen LogP contribution in [0.5, 0.6) is 0 Å². The molecule has 1 aliphatic heterocycles. The monoisotopic (exact) mass is 226 g/mol. The summed E-state index contributed by atoms with van der Waals surface area (Å²) in [5.74, 6) is 0. The first-order valence-corrected chi connectivity index (χ1v) is 6.39. The van der Waals surface area contributed by atoms with Crippen LogP contribution < -0.4 is 5.32 Å². The Morgan fingerprint density at radius 3 is 3.13 bits per heavy atom. The highest BCUT2D eigenvalue weighted by atomic mass is 32.1. The number of aryl methyl sites for hydroxylation is 1. The van der Waals surface area contributed by atoms with Gasteiger partial charge in [-0.05, 0) is 20.3 Å². The molecule has 4 heteroatoms. The highest BCUT2D eigenvalue weighted by Crippen LogP contribution is 2.13. The molecule has 2 heterocycles. The Morgan fingerprint density at radius 1 is 1.67 bits per heavy atom. The van der Waals surface area contributed by atoms with E-state index in [2.05, 4.69) is 22.6 Å². The minimum Gasteiger partial charge on any atom is -0.377 e. The lowest BCUT2D eigenvalue weighted by atomic mass is 10.1. The molecule has 0 spiro atoms. The quantitative estimate of drug-likeness (QED) is 0.849. The highest BCUT2D eigenvalue weighted by molar-refractivity contribution is 7.09. The van der Waals surface area contributed by atoms with Crippen molar-refractivity contribution in [2.75, 3.05) is 13.2 Å². The maximum atomic E-state index is 5.50. The first-order valence-electron chi connectivity index (χ1n) is 5.51. The number of nitrogens with zero attached hydrogens (tertiary/aromatic N) is 1. The number of nitrogens with one attached hydrogen (secondary N) is 1. The molecule has 0 saturated carbocycles. The molecule has 1 aliphatic rings. The normalized spacial score (nSPS) is 26.0. The average Bonchev–Trinajstić information content (AvgIpc) is 2.77. The summed E-state index contributed by atoms with van der Waals surface area (Å²) in [4.78, 5) is 4.44. The molecule has 0 radical (unpaired) electrons. The third kappa shape index (κ3) is 3.00. The van der Waals surface area contributed by atoms with Crippen LogP contribution in [-0.2, 0) is 11.2 Å². The van der Waals surface area contributed by atoms with Gasteiger partial charge in [-0.2, -0.15) is 0 Å². The van der Waals surface area contributed by atoms with Crippen molar-refractivity contribution in [2.45, 2.75) is 38.8 Å². The third-order valence-corrected chi connectivity index (χ3v) is 3.81. The summed E-state index contributed by atoms with van der Waals surface area (Å²) in [7, 11) is 0. The molecule has 1 saturated heterocycles. The number of hydrogen-bond acceptors (Lipinski definition) is 4. The van der Waals surface area contributed by atoms with E-state index in [4.69, 9.17) is 4.74 Å². The van der Waals surface area contributed by atoms with Crippen LogP contribution in [0.2, 0.25) is 0 Å². The van der Waals surface area contributed by atoms with Crippen LogP contribution in [0, 0.1) is 6.92 Å². The van der Waals surface area contributed by atoms with Crippen molar-refractivity contribution in [1.29, 1.82) is 0 Å². The minimum atomic E-state index is 0.364. The van der Waals surface area contributed by atoms with Crippen molar-refractivity contribution in [3.63, 3.8) is 0 Å². The number of rotatable bonds is 4. The van der Waals surface area contributed by atoms with Gasteiger partial charge in [0.15, 0.2) is 0 Å². The van der Waals surface area contributed by atoms with E-state index in [1.165, 1.54) is 5.01 Å². The van der Waals surface area contributed by atoms with Gasteiger partial charge in [0, 0.05) is 36.7 Å². The molecule has 2 rings (SSSR count). The van der Waals surface area contributed by atoms with E-state index in [1.807, 2.05) is 6.92 Å². The second kappa shape index (κ2) is 5.05. The fraction of sp³-hybridized carbons (Fsp3) is 0.727. The van der Waals surface area contributed by atoms with Crippen molar-refractivity contribution >= 4 is 11.3 Å². The van der Waals surface area contributed by atoms with Crippen LogP contribution in [0.1, 0.15) is 24.0 Å². The van der Waals surface area contributed by atoms with Crippen molar-refractivity contribution in [2.24, 2.45) is 0 Å². The predicted molar refractivity (Wildman–Crippen MR) is 62.4 cm³/mol. The molecule has 2 unspecified atom stereocenters. The second-order valence-corrected chi connectivity index (χ2v) is 5.00. The van der Waals surface area contributed by atoms with Crippen molar-refractivity contribution in [3.8, 4) is 0 Å². The molecule has 0 amide bonds. The Labute approximate surface area is 94.9 Å². The summed E-state index contributed by atoms with van der Waals surface area (Å²) in [6.07, 6.45) is 2.53. The smallest absolute Gasteiger partial charge is 0.0940 e. The molecule has 84 valence electrons. The zero-order valence-corrected chi connectivity index (χ0v) is 10.1. The van der Waals surface area contributed by atoms with E-state index < -0.39 is 0 Å². The first-order chi connectivity index (χ1) is 7.25. The standard InChI is InChI=1S/C11H18N2OS/c1-8-7-15-11(13-8)3-5-12-10-4-6-14-9(10)2/h7,9-10,12H,3-6H2,1-2H3. The number of ether oxygens (including phenoxy) is 1. The summed E-state index contributed by atoms with van der Waals surface area (Å²) in [5, 5.41) is 6.87. The second-order valence-electron chi connectivity index (χ2n) is 4.06. The molecular formula is C11H18N2OS. The summed E-state index contributed by atoms with van der Waals surface area (Å²) in [5.41, 5.74) is 1.13. The summed E-state index contributed by atoms with van der Waals surface area (Å²) in [6, 6.07) is 0.533. The Hall–Kier alpha value is -0.450. The van der Waals surface area contributed by atoms with Crippen LogP contribution in [0.25, 0.3) is 0 Å².